The van der Waals surface area contributed by atoms with Gasteiger partial charge in [-0.15, -0.1) is 0 Å². The van der Waals surface area contributed by atoms with Crippen LogP contribution in [0.25, 0.3) is 0 Å². The van der Waals surface area contributed by atoms with Crippen molar-refractivity contribution in [3.8, 4) is 5.75 Å². The van der Waals surface area contributed by atoms with Gasteiger partial charge in [-0.05, 0) is 61.9 Å². The lowest BCUT2D eigenvalue weighted by molar-refractivity contribution is -0.122. The fraction of sp³-hybridized carbons (Fsp3) is 0.462. The molecule has 0 radical (unpaired) electrons. The molecule has 2 aromatic carbocycles. The Labute approximate surface area is 189 Å². The first kappa shape index (κ1) is 22.3. The monoisotopic (exact) mass is 436 g/mol. The number of carbonyl (C=O) groups is 2. The Kier molecular flexibility index (Phi) is 7.77. The Hall–Kier alpha value is -2.86. The van der Waals surface area contributed by atoms with Crippen LogP contribution < -0.4 is 10.1 Å². The quantitative estimate of drug-likeness (QED) is 0.687. The molecule has 6 nitrogen and oxygen atoms in total. The summed E-state index contributed by atoms with van der Waals surface area (Å²) in [5, 5.41) is 3.13. The van der Waals surface area contributed by atoms with E-state index in [1.165, 1.54) is 5.56 Å². The van der Waals surface area contributed by atoms with Crippen LogP contribution in [-0.2, 0) is 16.0 Å². The van der Waals surface area contributed by atoms with Crippen molar-refractivity contribution in [2.75, 3.05) is 26.3 Å². The highest BCUT2D eigenvalue weighted by Gasteiger charge is 2.24. The third-order valence-corrected chi connectivity index (χ3v) is 6.19. The molecule has 0 aliphatic carbocycles. The molecule has 2 aliphatic rings. The second-order valence-corrected chi connectivity index (χ2v) is 8.59. The van der Waals surface area contributed by atoms with E-state index in [4.69, 9.17) is 9.47 Å². The van der Waals surface area contributed by atoms with E-state index in [0.29, 0.717) is 31.7 Å². The number of likely N-dealkylation sites (tertiary alicyclic amines) is 1. The maximum atomic E-state index is 12.8. The van der Waals surface area contributed by atoms with E-state index in [9.17, 15) is 9.59 Å². The van der Waals surface area contributed by atoms with Crippen LogP contribution in [0.4, 0.5) is 0 Å². The molecule has 0 aromatic heterocycles. The minimum absolute atomic E-state index is 0.0320. The lowest BCUT2D eigenvalue weighted by Gasteiger charge is -2.32. The first-order valence-electron chi connectivity index (χ1n) is 11.6. The van der Waals surface area contributed by atoms with Crippen molar-refractivity contribution in [3.05, 3.63) is 65.7 Å². The zero-order chi connectivity index (χ0) is 22.2. The number of nitrogens with zero attached hydrogens (tertiary/aromatic N) is 1. The Balaban J connectivity index is 1.18. The van der Waals surface area contributed by atoms with E-state index >= 15 is 0 Å². The van der Waals surface area contributed by atoms with Crippen molar-refractivity contribution in [2.45, 2.75) is 50.7 Å². The lowest BCUT2D eigenvalue weighted by atomic mass is 10.0. The summed E-state index contributed by atoms with van der Waals surface area (Å²) in [5.41, 5.74) is 1.84. The van der Waals surface area contributed by atoms with Crippen molar-refractivity contribution >= 4 is 11.8 Å². The summed E-state index contributed by atoms with van der Waals surface area (Å²) in [6.07, 6.45) is 5.12. The number of benzene rings is 2. The standard InChI is InChI=1S/C26H32N2O4/c29-25(13-8-20-5-2-1-3-6-20)27-22-14-16-28(17-15-22)26(30)21-9-11-23(12-10-21)32-19-24-7-4-18-31-24/h1-3,5-6,9-12,22,24H,4,7-8,13-19H2,(H,27,29). The summed E-state index contributed by atoms with van der Waals surface area (Å²) < 4.78 is 11.3. The molecule has 2 amide bonds. The predicted molar refractivity (Wildman–Crippen MR) is 123 cm³/mol. The molecule has 1 unspecified atom stereocenters. The van der Waals surface area contributed by atoms with Crippen molar-refractivity contribution in [3.63, 3.8) is 0 Å². The van der Waals surface area contributed by atoms with Crippen molar-refractivity contribution in [2.24, 2.45) is 0 Å². The minimum atomic E-state index is 0.0320. The number of aryl methyl sites for hydroxylation is 1. The highest BCUT2D eigenvalue weighted by Crippen LogP contribution is 2.19. The number of ether oxygens (including phenoxy) is 2. The van der Waals surface area contributed by atoms with E-state index in [-0.39, 0.29) is 24.0 Å². The van der Waals surface area contributed by atoms with E-state index in [1.54, 1.807) is 0 Å². The van der Waals surface area contributed by atoms with Crippen LogP contribution in [0.2, 0.25) is 0 Å². The van der Waals surface area contributed by atoms with Crippen LogP contribution in [0.1, 0.15) is 48.0 Å². The van der Waals surface area contributed by atoms with Gasteiger partial charge < -0.3 is 19.7 Å². The van der Waals surface area contributed by atoms with Gasteiger partial charge >= 0.3 is 0 Å². The highest BCUT2D eigenvalue weighted by molar-refractivity contribution is 5.94. The largest absolute Gasteiger partial charge is 0.491 e. The predicted octanol–water partition coefficient (Wildman–Crippen LogP) is 3.60. The maximum absolute atomic E-state index is 12.8. The fourth-order valence-electron chi connectivity index (χ4n) is 4.27. The Morgan fingerprint density at radius 2 is 1.75 bits per heavy atom. The van der Waals surface area contributed by atoms with E-state index in [0.717, 1.165) is 44.5 Å². The van der Waals surface area contributed by atoms with E-state index < -0.39 is 0 Å². The average Bonchev–Trinajstić information content (AvgIpc) is 3.36. The van der Waals surface area contributed by atoms with Gasteiger partial charge in [0, 0.05) is 37.7 Å². The van der Waals surface area contributed by atoms with Crippen LogP contribution in [0.15, 0.2) is 54.6 Å². The first-order chi connectivity index (χ1) is 15.7. The molecule has 2 aromatic rings. The molecule has 0 saturated carbocycles. The molecular weight excluding hydrogens is 404 g/mol. The van der Waals surface area contributed by atoms with Crippen LogP contribution in [0.3, 0.4) is 0 Å². The Morgan fingerprint density at radius 3 is 2.44 bits per heavy atom. The summed E-state index contributed by atoms with van der Waals surface area (Å²) in [4.78, 5) is 27.0. The van der Waals surface area contributed by atoms with Crippen LogP contribution in [-0.4, -0.2) is 55.2 Å². The van der Waals surface area contributed by atoms with Gasteiger partial charge in [-0.2, -0.15) is 0 Å². The van der Waals surface area contributed by atoms with Gasteiger partial charge in [-0.1, -0.05) is 30.3 Å². The van der Waals surface area contributed by atoms with Crippen molar-refractivity contribution < 1.29 is 19.1 Å². The molecule has 2 fully saturated rings. The molecular formula is C26H32N2O4. The fourth-order valence-corrected chi connectivity index (χ4v) is 4.27. The summed E-state index contributed by atoms with van der Waals surface area (Å²) in [5.74, 6) is 0.871. The number of piperidine rings is 1. The molecule has 2 heterocycles. The zero-order valence-electron chi connectivity index (χ0n) is 18.5. The van der Waals surface area contributed by atoms with Crippen LogP contribution >= 0.6 is 0 Å². The Morgan fingerprint density at radius 1 is 1.00 bits per heavy atom. The number of nitrogens with one attached hydrogen (secondary N) is 1. The number of carbonyl (C=O) groups excluding carboxylic acids is 2. The third-order valence-electron chi connectivity index (χ3n) is 6.19. The summed E-state index contributed by atoms with van der Waals surface area (Å²) in [7, 11) is 0. The molecule has 1 atom stereocenters. The van der Waals surface area contributed by atoms with E-state index in [2.05, 4.69) is 5.32 Å². The maximum Gasteiger partial charge on any atom is 0.253 e. The molecule has 2 aliphatic heterocycles. The molecule has 0 spiro atoms. The summed E-state index contributed by atoms with van der Waals surface area (Å²) in [6.45, 7) is 2.67. The normalized spacial score (nSPS) is 19.0. The van der Waals surface area contributed by atoms with Gasteiger partial charge in [-0.25, -0.2) is 0 Å². The van der Waals surface area contributed by atoms with Crippen molar-refractivity contribution in [1.29, 1.82) is 0 Å². The molecule has 4 rings (SSSR count). The van der Waals surface area contributed by atoms with Crippen LogP contribution in [0.5, 0.6) is 5.75 Å². The zero-order valence-corrected chi connectivity index (χ0v) is 18.5. The van der Waals surface area contributed by atoms with Crippen molar-refractivity contribution in [1.82, 2.24) is 10.2 Å². The van der Waals surface area contributed by atoms with E-state index in [1.807, 2.05) is 59.5 Å². The second kappa shape index (κ2) is 11.1. The summed E-state index contributed by atoms with van der Waals surface area (Å²) >= 11 is 0. The molecule has 32 heavy (non-hydrogen) atoms. The van der Waals surface area contributed by atoms with Crippen LogP contribution in [0, 0.1) is 0 Å². The molecule has 1 N–H and O–H groups in total. The van der Waals surface area contributed by atoms with Gasteiger partial charge in [0.05, 0.1) is 6.10 Å². The topological polar surface area (TPSA) is 67.9 Å². The molecule has 2 saturated heterocycles. The smallest absolute Gasteiger partial charge is 0.253 e. The highest BCUT2D eigenvalue weighted by atomic mass is 16.5. The number of rotatable bonds is 8. The molecule has 6 heteroatoms. The number of hydrogen-bond donors (Lipinski definition) is 1. The van der Waals surface area contributed by atoms with Gasteiger partial charge in [0.25, 0.3) is 5.91 Å². The number of amides is 2. The third kappa shape index (κ3) is 6.33. The molecule has 170 valence electrons. The SMILES string of the molecule is O=C(CCc1ccccc1)NC1CCN(C(=O)c2ccc(OCC3CCCO3)cc2)CC1. The molecule has 0 bridgehead atoms. The minimum Gasteiger partial charge on any atom is -0.491 e. The summed E-state index contributed by atoms with van der Waals surface area (Å²) in [6, 6.07) is 17.5. The first-order valence-corrected chi connectivity index (χ1v) is 11.6. The van der Waals surface area contributed by atoms with Gasteiger partial charge in [0.1, 0.15) is 12.4 Å². The van der Waals surface area contributed by atoms with Gasteiger partial charge in [0.2, 0.25) is 5.91 Å². The average molecular weight is 437 g/mol. The lowest BCUT2D eigenvalue weighted by Crippen LogP contribution is -2.46. The number of hydrogen-bond acceptors (Lipinski definition) is 4. The second-order valence-electron chi connectivity index (χ2n) is 8.59. The Bertz CT molecular complexity index is 870. The van der Waals surface area contributed by atoms with Gasteiger partial charge in [-0.3, -0.25) is 9.59 Å². The van der Waals surface area contributed by atoms with Gasteiger partial charge in [0.15, 0.2) is 0 Å².